The minimum atomic E-state index is -0.324. The van der Waals surface area contributed by atoms with Crippen molar-refractivity contribution in [2.45, 2.75) is 11.3 Å². The average Bonchev–Trinajstić information content (AvgIpc) is 3.16. The second-order valence-electron chi connectivity index (χ2n) is 4.88. The van der Waals surface area contributed by atoms with Crippen LogP contribution in [0.15, 0.2) is 28.6 Å². The lowest BCUT2D eigenvalue weighted by molar-refractivity contribution is -0.124. The standard InChI is InChI=1S/C14H15N5O2S2/c1-9-4-2-3-5-10(9)16-12-17-18-14(23-12)22-8-11(20)19-7-6-15-13(19)21/h2-5H,6-8H2,1H3,(H,15,21)(H,16,17). The number of thioether (sulfide) groups is 1. The van der Waals surface area contributed by atoms with Gasteiger partial charge in [0.15, 0.2) is 4.34 Å². The molecule has 0 unspecified atom stereocenters. The third kappa shape index (κ3) is 3.80. The summed E-state index contributed by atoms with van der Waals surface area (Å²) in [5.74, 6) is -0.0412. The van der Waals surface area contributed by atoms with E-state index in [2.05, 4.69) is 20.8 Å². The molecule has 23 heavy (non-hydrogen) atoms. The van der Waals surface area contributed by atoms with Crippen molar-refractivity contribution in [3.8, 4) is 0 Å². The summed E-state index contributed by atoms with van der Waals surface area (Å²) in [5.41, 5.74) is 2.09. The number of aromatic nitrogens is 2. The number of hydrogen-bond acceptors (Lipinski definition) is 7. The van der Waals surface area contributed by atoms with Crippen molar-refractivity contribution in [3.05, 3.63) is 29.8 Å². The molecule has 0 bridgehead atoms. The minimum Gasteiger partial charge on any atom is -0.336 e. The molecule has 2 N–H and O–H groups in total. The molecule has 0 radical (unpaired) electrons. The first-order valence-corrected chi connectivity index (χ1v) is 8.81. The molecule has 2 heterocycles. The van der Waals surface area contributed by atoms with Crippen LogP contribution in [0.5, 0.6) is 0 Å². The van der Waals surface area contributed by atoms with Gasteiger partial charge in [0.1, 0.15) is 0 Å². The molecular formula is C14H15N5O2S2. The number of anilines is 2. The Bertz CT molecular complexity index is 733. The fourth-order valence-electron chi connectivity index (χ4n) is 2.06. The maximum atomic E-state index is 12.0. The lowest BCUT2D eigenvalue weighted by atomic mass is 10.2. The highest BCUT2D eigenvalue weighted by Crippen LogP contribution is 2.28. The molecule has 120 valence electrons. The van der Waals surface area contributed by atoms with Gasteiger partial charge in [-0.25, -0.2) is 4.79 Å². The van der Waals surface area contributed by atoms with E-state index in [1.807, 2.05) is 31.2 Å². The molecule has 3 rings (SSSR count). The zero-order valence-corrected chi connectivity index (χ0v) is 14.0. The largest absolute Gasteiger partial charge is 0.336 e. The Kier molecular flexibility index (Phi) is 4.77. The van der Waals surface area contributed by atoms with Crippen LogP contribution in [0.2, 0.25) is 0 Å². The number of aryl methyl sites for hydroxylation is 1. The Labute approximate surface area is 141 Å². The van der Waals surface area contributed by atoms with Crippen LogP contribution in [0, 0.1) is 6.92 Å². The van der Waals surface area contributed by atoms with Gasteiger partial charge in [0, 0.05) is 18.8 Å². The Morgan fingerprint density at radius 2 is 2.26 bits per heavy atom. The fourth-order valence-corrected chi connectivity index (χ4v) is 3.70. The highest BCUT2D eigenvalue weighted by atomic mass is 32.2. The van der Waals surface area contributed by atoms with E-state index in [-0.39, 0.29) is 17.7 Å². The molecule has 1 saturated heterocycles. The Hall–Kier alpha value is -2.13. The van der Waals surface area contributed by atoms with Gasteiger partial charge in [-0.2, -0.15) is 0 Å². The maximum absolute atomic E-state index is 12.0. The normalized spacial score (nSPS) is 14.0. The first-order valence-electron chi connectivity index (χ1n) is 7.00. The summed E-state index contributed by atoms with van der Waals surface area (Å²) in [5, 5.41) is 14.6. The second-order valence-corrected chi connectivity index (χ2v) is 7.08. The van der Waals surface area contributed by atoms with Crippen LogP contribution >= 0.6 is 23.1 Å². The number of nitrogens with zero attached hydrogens (tertiary/aromatic N) is 3. The van der Waals surface area contributed by atoms with E-state index in [9.17, 15) is 9.59 Å². The van der Waals surface area contributed by atoms with Gasteiger partial charge in [-0.15, -0.1) is 10.2 Å². The lowest BCUT2D eigenvalue weighted by Gasteiger charge is -2.10. The van der Waals surface area contributed by atoms with Gasteiger partial charge in [-0.05, 0) is 18.6 Å². The highest BCUT2D eigenvalue weighted by molar-refractivity contribution is 8.01. The summed E-state index contributed by atoms with van der Waals surface area (Å²) >= 11 is 2.67. The molecule has 0 aliphatic carbocycles. The van der Waals surface area contributed by atoms with Crippen molar-refractivity contribution in [2.75, 3.05) is 24.2 Å². The highest BCUT2D eigenvalue weighted by Gasteiger charge is 2.26. The maximum Gasteiger partial charge on any atom is 0.324 e. The predicted molar refractivity (Wildman–Crippen MR) is 90.2 cm³/mol. The SMILES string of the molecule is Cc1ccccc1Nc1nnc(SCC(=O)N2CCNC2=O)s1. The van der Waals surface area contributed by atoms with Crippen LogP contribution in [-0.4, -0.2) is 45.9 Å². The number of urea groups is 1. The molecule has 1 aromatic carbocycles. The number of amides is 3. The van der Waals surface area contributed by atoms with E-state index in [0.29, 0.717) is 22.6 Å². The van der Waals surface area contributed by atoms with Crippen molar-refractivity contribution >= 4 is 45.9 Å². The van der Waals surface area contributed by atoms with Crippen molar-refractivity contribution in [1.29, 1.82) is 0 Å². The first-order chi connectivity index (χ1) is 11.1. The van der Waals surface area contributed by atoms with Gasteiger partial charge in [-0.1, -0.05) is 41.3 Å². The number of imide groups is 1. The molecule has 0 atom stereocenters. The number of hydrogen-bond donors (Lipinski definition) is 2. The van der Waals surface area contributed by atoms with Gasteiger partial charge in [0.2, 0.25) is 11.0 Å². The average molecular weight is 349 g/mol. The van der Waals surface area contributed by atoms with E-state index in [0.717, 1.165) is 11.3 Å². The smallest absolute Gasteiger partial charge is 0.324 e. The van der Waals surface area contributed by atoms with E-state index in [1.54, 1.807) is 0 Å². The van der Waals surface area contributed by atoms with Crippen LogP contribution in [0.1, 0.15) is 5.56 Å². The van der Waals surface area contributed by atoms with Crippen LogP contribution in [0.3, 0.4) is 0 Å². The fraction of sp³-hybridized carbons (Fsp3) is 0.286. The Morgan fingerprint density at radius 1 is 1.43 bits per heavy atom. The van der Waals surface area contributed by atoms with Gasteiger partial charge in [0.25, 0.3) is 0 Å². The summed E-state index contributed by atoms with van der Waals surface area (Å²) in [6.45, 7) is 2.95. The van der Waals surface area contributed by atoms with Crippen LogP contribution in [0.4, 0.5) is 15.6 Å². The van der Waals surface area contributed by atoms with Crippen molar-refractivity contribution < 1.29 is 9.59 Å². The predicted octanol–water partition coefficient (Wildman–Crippen LogP) is 2.23. The number of carbonyl (C=O) groups is 2. The van der Waals surface area contributed by atoms with Crippen molar-refractivity contribution in [2.24, 2.45) is 0 Å². The number of nitrogens with one attached hydrogen (secondary N) is 2. The van der Waals surface area contributed by atoms with Gasteiger partial charge in [-0.3, -0.25) is 9.69 Å². The van der Waals surface area contributed by atoms with E-state index >= 15 is 0 Å². The summed E-state index contributed by atoms with van der Waals surface area (Å²) in [6, 6.07) is 7.58. The summed E-state index contributed by atoms with van der Waals surface area (Å²) in [4.78, 5) is 24.6. The molecule has 1 fully saturated rings. The molecule has 2 aromatic rings. The van der Waals surface area contributed by atoms with E-state index in [1.165, 1.54) is 28.0 Å². The van der Waals surface area contributed by atoms with Crippen LogP contribution in [0.25, 0.3) is 0 Å². The number of rotatable bonds is 5. The monoisotopic (exact) mass is 349 g/mol. The molecule has 1 aliphatic heterocycles. The van der Waals surface area contributed by atoms with Crippen LogP contribution in [-0.2, 0) is 4.79 Å². The third-order valence-electron chi connectivity index (χ3n) is 3.27. The number of benzene rings is 1. The van der Waals surface area contributed by atoms with E-state index < -0.39 is 0 Å². The van der Waals surface area contributed by atoms with Gasteiger partial charge < -0.3 is 10.6 Å². The molecule has 1 aliphatic rings. The zero-order chi connectivity index (χ0) is 16.2. The zero-order valence-electron chi connectivity index (χ0n) is 12.4. The Balaban J connectivity index is 1.56. The third-order valence-corrected chi connectivity index (χ3v) is 5.23. The summed E-state index contributed by atoms with van der Waals surface area (Å²) < 4.78 is 0.689. The molecule has 0 saturated carbocycles. The quantitative estimate of drug-likeness (QED) is 0.805. The molecule has 7 nitrogen and oxygen atoms in total. The second kappa shape index (κ2) is 6.97. The molecule has 3 amide bonds. The topological polar surface area (TPSA) is 87.2 Å². The first kappa shape index (κ1) is 15.8. The number of para-hydroxylation sites is 1. The summed E-state index contributed by atoms with van der Waals surface area (Å²) in [6.07, 6.45) is 0. The van der Waals surface area contributed by atoms with Gasteiger partial charge in [0.05, 0.1) is 5.75 Å². The molecular weight excluding hydrogens is 334 g/mol. The van der Waals surface area contributed by atoms with Gasteiger partial charge >= 0.3 is 6.03 Å². The summed E-state index contributed by atoms with van der Waals surface area (Å²) in [7, 11) is 0. The minimum absolute atomic E-state index is 0.173. The van der Waals surface area contributed by atoms with Crippen molar-refractivity contribution in [1.82, 2.24) is 20.4 Å². The number of carbonyl (C=O) groups excluding carboxylic acids is 2. The molecule has 9 heteroatoms. The molecule has 1 aromatic heterocycles. The van der Waals surface area contributed by atoms with E-state index in [4.69, 9.17) is 0 Å². The Morgan fingerprint density at radius 3 is 3.00 bits per heavy atom. The van der Waals surface area contributed by atoms with Crippen LogP contribution < -0.4 is 10.6 Å². The van der Waals surface area contributed by atoms with Crippen molar-refractivity contribution in [3.63, 3.8) is 0 Å². The molecule has 0 spiro atoms. The lowest BCUT2D eigenvalue weighted by Crippen LogP contribution is -2.35.